The number of hydrogen-bond acceptors (Lipinski definition) is 3. The van der Waals surface area contributed by atoms with Gasteiger partial charge in [0.05, 0.1) is 5.60 Å². The molecule has 5 nitrogen and oxygen atoms in total. The van der Waals surface area contributed by atoms with Gasteiger partial charge in [-0.3, -0.25) is 0 Å². The summed E-state index contributed by atoms with van der Waals surface area (Å²) in [6, 6.07) is 0. The number of piperidine rings is 1. The first-order valence-electron chi connectivity index (χ1n) is 6.35. The standard InChI is InChI=1S/C11H22N2O3S/c1-3-11(14)8-13(9-11)17(15,16)12-6-4-10(2)5-7-12/h10,14H,3-9H2,1-2H3. The van der Waals surface area contributed by atoms with E-state index in [0.29, 0.717) is 25.4 Å². The molecule has 6 heteroatoms. The molecule has 0 atom stereocenters. The van der Waals surface area contributed by atoms with Gasteiger partial charge in [-0.15, -0.1) is 0 Å². The lowest BCUT2D eigenvalue weighted by Crippen LogP contribution is -2.65. The number of nitrogens with zero attached hydrogens (tertiary/aromatic N) is 2. The summed E-state index contributed by atoms with van der Waals surface area (Å²) in [4.78, 5) is 0. The first kappa shape index (κ1) is 13.3. The van der Waals surface area contributed by atoms with Crippen molar-refractivity contribution < 1.29 is 13.5 Å². The van der Waals surface area contributed by atoms with E-state index in [1.807, 2.05) is 6.92 Å². The molecule has 100 valence electrons. The highest BCUT2D eigenvalue weighted by Gasteiger charge is 2.47. The Kier molecular flexibility index (Phi) is 3.51. The molecule has 0 amide bonds. The molecule has 2 saturated heterocycles. The predicted molar refractivity (Wildman–Crippen MR) is 65.7 cm³/mol. The van der Waals surface area contributed by atoms with Gasteiger partial charge in [-0.05, 0) is 25.2 Å². The molecule has 0 aromatic rings. The fraction of sp³-hybridized carbons (Fsp3) is 1.00. The normalized spacial score (nSPS) is 27.9. The van der Waals surface area contributed by atoms with E-state index in [1.165, 1.54) is 4.31 Å². The summed E-state index contributed by atoms with van der Waals surface area (Å²) in [7, 11) is -3.32. The largest absolute Gasteiger partial charge is 0.387 e. The van der Waals surface area contributed by atoms with Gasteiger partial charge in [0.1, 0.15) is 0 Å². The lowest BCUT2D eigenvalue weighted by atomic mass is 9.94. The molecule has 2 rings (SSSR count). The van der Waals surface area contributed by atoms with Crippen molar-refractivity contribution in [1.29, 1.82) is 0 Å². The zero-order chi connectivity index (χ0) is 12.7. The highest BCUT2D eigenvalue weighted by atomic mass is 32.2. The smallest absolute Gasteiger partial charge is 0.282 e. The molecule has 0 unspecified atom stereocenters. The van der Waals surface area contributed by atoms with Crippen LogP contribution in [0.15, 0.2) is 0 Å². The minimum absolute atomic E-state index is 0.248. The van der Waals surface area contributed by atoms with Crippen molar-refractivity contribution in [3.8, 4) is 0 Å². The van der Waals surface area contributed by atoms with Crippen LogP contribution in [0.4, 0.5) is 0 Å². The number of hydrogen-bond donors (Lipinski definition) is 1. The molecule has 0 bridgehead atoms. The van der Waals surface area contributed by atoms with Crippen LogP contribution >= 0.6 is 0 Å². The molecule has 0 aromatic carbocycles. The second-order valence-electron chi connectivity index (χ2n) is 5.44. The minimum Gasteiger partial charge on any atom is -0.387 e. The summed E-state index contributed by atoms with van der Waals surface area (Å²) in [5, 5.41) is 9.87. The van der Waals surface area contributed by atoms with Gasteiger partial charge in [0, 0.05) is 26.2 Å². The van der Waals surface area contributed by atoms with Crippen molar-refractivity contribution in [2.45, 2.75) is 38.7 Å². The van der Waals surface area contributed by atoms with Crippen LogP contribution < -0.4 is 0 Å². The van der Waals surface area contributed by atoms with E-state index in [0.717, 1.165) is 12.8 Å². The highest BCUT2D eigenvalue weighted by molar-refractivity contribution is 7.86. The van der Waals surface area contributed by atoms with E-state index in [2.05, 4.69) is 6.92 Å². The zero-order valence-electron chi connectivity index (χ0n) is 10.6. The molecule has 0 radical (unpaired) electrons. The first-order valence-corrected chi connectivity index (χ1v) is 7.75. The van der Waals surface area contributed by atoms with E-state index < -0.39 is 15.8 Å². The van der Waals surface area contributed by atoms with E-state index in [1.54, 1.807) is 4.31 Å². The monoisotopic (exact) mass is 262 g/mol. The third-order valence-electron chi connectivity index (χ3n) is 3.99. The average Bonchev–Trinajstić information content (AvgIpc) is 2.25. The Balaban J connectivity index is 1.97. The Hall–Kier alpha value is -0.170. The molecular formula is C11H22N2O3S. The lowest BCUT2D eigenvalue weighted by molar-refractivity contribution is -0.0638. The van der Waals surface area contributed by atoms with Crippen LogP contribution in [0.2, 0.25) is 0 Å². The van der Waals surface area contributed by atoms with Crippen molar-refractivity contribution in [2.24, 2.45) is 5.92 Å². The molecule has 17 heavy (non-hydrogen) atoms. The Labute approximate surface area is 104 Å². The fourth-order valence-electron chi connectivity index (χ4n) is 2.38. The molecule has 2 heterocycles. The van der Waals surface area contributed by atoms with Gasteiger partial charge in [0.15, 0.2) is 0 Å². The lowest BCUT2D eigenvalue weighted by Gasteiger charge is -2.47. The summed E-state index contributed by atoms with van der Waals surface area (Å²) in [6.45, 7) is 5.76. The molecular weight excluding hydrogens is 240 g/mol. The van der Waals surface area contributed by atoms with Gasteiger partial charge >= 0.3 is 0 Å². The number of β-amino-alcohol motifs (C(OH)–C–C–N with tert-alkyl or cyclic N) is 1. The first-order chi connectivity index (χ1) is 7.87. The van der Waals surface area contributed by atoms with Crippen LogP contribution in [0.3, 0.4) is 0 Å². The van der Waals surface area contributed by atoms with E-state index >= 15 is 0 Å². The SMILES string of the molecule is CCC1(O)CN(S(=O)(=O)N2CCC(C)CC2)C1. The topological polar surface area (TPSA) is 60.9 Å². The van der Waals surface area contributed by atoms with Gasteiger partial charge in [-0.1, -0.05) is 13.8 Å². The third-order valence-corrected chi connectivity index (χ3v) is 5.92. The quantitative estimate of drug-likeness (QED) is 0.802. The highest BCUT2D eigenvalue weighted by Crippen LogP contribution is 2.30. The maximum absolute atomic E-state index is 12.2. The van der Waals surface area contributed by atoms with Gasteiger partial charge in [-0.2, -0.15) is 17.0 Å². The molecule has 1 N–H and O–H groups in total. The summed E-state index contributed by atoms with van der Waals surface area (Å²) in [5.41, 5.74) is -0.795. The van der Waals surface area contributed by atoms with E-state index in [-0.39, 0.29) is 13.1 Å². The average molecular weight is 262 g/mol. The van der Waals surface area contributed by atoms with Gasteiger partial charge < -0.3 is 5.11 Å². The maximum Gasteiger partial charge on any atom is 0.282 e. The summed E-state index contributed by atoms with van der Waals surface area (Å²) in [6.07, 6.45) is 2.48. The summed E-state index contributed by atoms with van der Waals surface area (Å²) in [5.74, 6) is 0.616. The van der Waals surface area contributed by atoms with Crippen LogP contribution in [-0.4, -0.2) is 53.9 Å². The van der Waals surface area contributed by atoms with Crippen LogP contribution in [-0.2, 0) is 10.2 Å². The van der Waals surface area contributed by atoms with Crippen molar-refractivity contribution in [1.82, 2.24) is 8.61 Å². The molecule has 2 aliphatic rings. The van der Waals surface area contributed by atoms with Crippen LogP contribution in [0.25, 0.3) is 0 Å². The summed E-state index contributed by atoms with van der Waals surface area (Å²) < 4.78 is 27.4. The second kappa shape index (κ2) is 4.50. The van der Waals surface area contributed by atoms with Gasteiger partial charge in [0.25, 0.3) is 10.2 Å². The van der Waals surface area contributed by atoms with Crippen molar-refractivity contribution in [3.05, 3.63) is 0 Å². The maximum atomic E-state index is 12.2. The minimum atomic E-state index is -3.32. The number of aliphatic hydroxyl groups is 1. The molecule has 2 aliphatic heterocycles. The second-order valence-corrected chi connectivity index (χ2v) is 7.36. The van der Waals surface area contributed by atoms with Crippen molar-refractivity contribution in [3.63, 3.8) is 0 Å². The van der Waals surface area contributed by atoms with Crippen molar-refractivity contribution >= 4 is 10.2 Å². The van der Waals surface area contributed by atoms with Gasteiger partial charge in [-0.25, -0.2) is 0 Å². The summed E-state index contributed by atoms with van der Waals surface area (Å²) >= 11 is 0. The van der Waals surface area contributed by atoms with Gasteiger partial charge in [0.2, 0.25) is 0 Å². The Morgan fingerprint density at radius 1 is 1.24 bits per heavy atom. The zero-order valence-corrected chi connectivity index (χ0v) is 11.4. The van der Waals surface area contributed by atoms with Crippen molar-refractivity contribution in [2.75, 3.05) is 26.2 Å². The molecule has 2 fully saturated rings. The number of rotatable bonds is 3. The van der Waals surface area contributed by atoms with E-state index in [4.69, 9.17) is 0 Å². The molecule has 0 saturated carbocycles. The van der Waals surface area contributed by atoms with Crippen LogP contribution in [0, 0.1) is 5.92 Å². The van der Waals surface area contributed by atoms with Crippen LogP contribution in [0.5, 0.6) is 0 Å². The molecule has 0 aliphatic carbocycles. The molecule has 0 aromatic heterocycles. The predicted octanol–water partition coefficient (Wildman–Crippen LogP) is 0.420. The third kappa shape index (κ3) is 2.50. The molecule has 0 spiro atoms. The Morgan fingerprint density at radius 3 is 2.24 bits per heavy atom. The fourth-order valence-corrected chi connectivity index (χ4v) is 4.18. The Morgan fingerprint density at radius 2 is 1.76 bits per heavy atom. The Bertz CT molecular complexity index is 368. The van der Waals surface area contributed by atoms with Crippen LogP contribution in [0.1, 0.15) is 33.1 Å². The van der Waals surface area contributed by atoms with E-state index in [9.17, 15) is 13.5 Å².